The molecule has 0 fully saturated rings. The standard InChI is InChI=1S/C12H15BrN4/c1-4-5-15-12-8-6(2)7(3)16-10(13)9(8)11(14)17-12/h4-5H2,1-3H3,(H2,14,15,17). The van der Waals surface area contributed by atoms with Gasteiger partial charge < -0.3 is 5.73 Å². The van der Waals surface area contributed by atoms with Crippen molar-refractivity contribution < 1.29 is 0 Å². The van der Waals surface area contributed by atoms with E-state index in [4.69, 9.17) is 5.73 Å². The Balaban J connectivity index is 2.65. The van der Waals surface area contributed by atoms with E-state index in [-0.39, 0.29) is 0 Å². The number of aliphatic imine (C=N–C) groups is 2. The van der Waals surface area contributed by atoms with Gasteiger partial charge in [-0.25, -0.2) is 9.98 Å². The lowest BCUT2D eigenvalue weighted by molar-refractivity contribution is 0.930. The molecule has 0 aromatic carbocycles. The summed E-state index contributed by atoms with van der Waals surface area (Å²) in [4.78, 5) is 13.2. The van der Waals surface area contributed by atoms with Crippen molar-refractivity contribution in [3.8, 4) is 0 Å². The molecule has 1 aromatic rings. The topological polar surface area (TPSA) is 63.6 Å². The Hall–Kier alpha value is -1.23. The minimum Gasteiger partial charge on any atom is -0.383 e. The maximum atomic E-state index is 5.93. The molecule has 4 nitrogen and oxygen atoms in total. The van der Waals surface area contributed by atoms with Crippen molar-refractivity contribution >= 4 is 27.6 Å². The number of pyridine rings is 1. The van der Waals surface area contributed by atoms with Crippen LogP contribution >= 0.6 is 15.9 Å². The number of aryl methyl sites for hydroxylation is 1. The summed E-state index contributed by atoms with van der Waals surface area (Å²) in [7, 11) is 0. The highest BCUT2D eigenvalue weighted by Gasteiger charge is 2.26. The maximum absolute atomic E-state index is 5.93. The van der Waals surface area contributed by atoms with Gasteiger partial charge in [-0.15, -0.1) is 0 Å². The summed E-state index contributed by atoms with van der Waals surface area (Å²) in [5, 5.41) is 0. The second kappa shape index (κ2) is 4.56. The fourth-order valence-electron chi connectivity index (χ4n) is 1.83. The largest absolute Gasteiger partial charge is 0.383 e. The molecule has 0 unspecified atom stereocenters. The van der Waals surface area contributed by atoms with Gasteiger partial charge in [0.05, 0.1) is 5.56 Å². The highest BCUT2D eigenvalue weighted by molar-refractivity contribution is 9.10. The number of amidine groups is 2. The SMILES string of the molecule is CCCN=C1N=C(N)c2c(Br)nc(C)c(C)c21. The second-order valence-electron chi connectivity index (χ2n) is 4.07. The summed E-state index contributed by atoms with van der Waals surface area (Å²) >= 11 is 3.44. The van der Waals surface area contributed by atoms with Gasteiger partial charge in [0.2, 0.25) is 0 Å². The molecule has 1 aliphatic heterocycles. The summed E-state index contributed by atoms with van der Waals surface area (Å²) in [5.41, 5.74) is 9.90. The summed E-state index contributed by atoms with van der Waals surface area (Å²) < 4.78 is 0.749. The summed E-state index contributed by atoms with van der Waals surface area (Å²) in [6.45, 7) is 6.87. The van der Waals surface area contributed by atoms with Gasteiger partial charge >= 0.3 is 0 Å². The highest BCUT2D eigenvalue weighted by atomic mass is 79.9. The quantitative estimate of drug-likeness (QED) is 0.851. The Morgan fingerprint density at radius 2 is 2.00 bits per heavy atom. The van der Waals surface area contributed by atoms with Crippen LogP contribution in [0.1, 0.15) is 35.7 Å². The molecular formula is C12H15BrN4. The van der Waals surface area contributed by atoms with Gasteiger partial charge in [0.1, 0.15) is 10.4 Å². The molecule has 5 heteroatoms. The van der Waals surface area contributed by atoms with Gasteiger partial charge in [-0.3, -0.25) is 4.99 Å². The molecule has 0 radical (unpaired) electrons. The average molecular weight is 295 g/mol. The van der Waals surface area contributed by atoms with Crippen LogP contribution in [0.25, 0.3) is 0 Å². The first kappa shape index (κ1) is 12.2. The molecular weight excluding hydrogens is 280 g/mol. The number of rotatable bonds is 2. The first-order valence-electron chi connectivity index (χ1n) is 5.62. The monoisotopic (exact) mass is 294 g/mol. The van der Waals surface area contributed by atoms with E-state index in [9.17, 15) is 0 Å². The van der Waals surface area contributed by atoms with Crippen LogP contribution in [0.5, 0.6) is 0 Å². The Morgan fingerprint density at radius 1 is 1.29 bits per heavy atom. The molecule has 2 heterocycles. The minimum atomic E-state index is 0.498. The van der Waals surface area contributed by atoms with Crippen LogP contribution in [-0.4, -0.2) is 23.2 Å². The fraction of sp³-hybridized carbons (Fsp3) is 0.417. The van der Waals surface area contributed by atoms with Gasteiger partial charge in [0.15, 0.2) is 5.84 Å². The van der Waals surface area contributed by atoms with Crippen molar-refractivity contribution in [2.75, 3.05) is 6.54 Å². The van der Waals surface area contributed by atoms with Crippen LogP contribution < -0.4 is 5.73 Å². The third-order valence-electron chi connectivity index (χ3n) is 2.83. The zero-order chi connectivity index (χ0) is 12.6. The zero-order valence-corrected chi connectivity index (χ0v) is 11.8. The first-order chi connectivity index (χ1) is 8.06. The molecule has 0 amide bonds. The van der Waals surface area contributed by atoms with Gasteiger partial charge in [0, 0.05) is 17.8 Å². The van der Waals surface area contributed by atoms with Crippen LogP contribution in [0.15, 0.2) is 14.6 Å². The van der Waals surface area contributed by atoms with E-state index >= 15 is 0 Å². The molecule has 17 heavy (non-hydrogen) atoms. The summed E-state index contributed by atoms with van der Waals surface area (Å²) in [6.07, 6.45) is 0.999. The normalized spacial score (nSPS) is 16.2. The number of fused-ring (bicyclic) bond motifs is 1. The molecule has 0 saturated carbocycles. The van der Waals surface area contributed by atoms with Crippen molar-refractivity contribution in [3.05, 3.63) is 27.0 Å². The van der Waals surface area contributed by atoms with Crippen LogP contribution in [0.2, 0.25) is 0 Å². The lowest BCUT2D eigenvalue weighted by Crippen LogP contribution is -2.13. The number of nitrogens with two attached hydrogens (primary N) is 1. The lowest BCUT2D eigenvalue weighted by atomic mass is 10.0. The molecule has 0 aliphatic carbocycles. The van der Waals surface area contributed by atoms with Gasteiger partial charge in [-0.2, -0.15) is 0 Å². The van der Waals surface area contributed by atoms with E-state index in [1.807, 2.05) is 13.8 Å². The number of halogens is 1. The number of nitrogens with zero attached hydrogens (tertiary/aromatic N) is 3. The van der Waals surface area contributed by atoms with Crippen molar-refractivity contribution in [1.82, 2.24) is 4.98 Å². The number of hydrogen-bond donors (Lipinski definition) is 1. The third kappa shape index (κ3) is 1.99. The molecule has 0 atom stereocenters. The summed E-state index contributed by atoms with van der Waals surface area (Å²) in [6, 6.07) is 0. The van der Waals surface area contributed by atoms with Crippen molar-refractivity contribution in [2.45, 2.75) is 27.2 Å². The van der Waals surface area contributed by atoms with E-state index in [1.54, 1.807) is 0 Å². The molecule has 0 spiro atoms. The Kier molecular flexibility index (Phi) is 3.28. The highest BCUT2D eigenvalue weighted by Crippen LogP contribution is 2.28. The van der Waals surface area contributed by atoms with E-state index in [2.05, 4.69) is 37.8 Å². The van der Waals surface area contributed by atoms with E-state index < -0.39 is 0 Å². The lowest BCUT2D eigenvalue weighted by Gasteiger charge is -2.09. The second-order valence-corrected chi connectivity index (χ2v) is 4.82. The van der Waals surface area contributed by atoms with Crippen LogP contribution in [0.4, 0.5) is 0 Å². The number of aromatic nitrogens is 1. The average Bonchev–Trinajstić information content (AvgIpc) is 2.61. The van der Waals surface area contributed by atoms with Gasteiger partial charge in [-0.1, -0.05) is 6.92 Å². The Labute approximate surface area is 109 Å². The smallest absolute Gasteiger partial charge is 0.158 e. The van der Waals surface area contributed by atoms with Crippen LogP contribution in [-0.2, 0) is 0 Å². The van der Waals surface area contributed by atoms with Gasteiger partial charge in [-0.05, 0) is 41.8 Å². The van der Waals surface area contributed by atoms with E-state index in [0.29, 0.717) is 5.84 Å². The Bertz CT molecular complexity index is 532. The third-order valence-corrected chi connectivity index (χ3v) is 3.40. The predicted octanol–water partition coefficient (Wildman–Crippen LogP) is 2.34. The first-order valence-corrected chi connectivity index (χ1v) is 6.41. The van der Waals surface area contributed by atoms with Gasteiger partial charge in [0.25, 0.3) is 0 Å². The molecule has 90 valence electrons. The predicted molar refractivity (Wildman–Crippen MR) is 73.8 cm³/mol. The summed E-state index contributed by atoms with van der Waals surface area (Å²) in [5.74, 6) is 1.24. The molecule has 0 bridgehead atoms. The molecule has 2 rings (SSSR count). The van der Waals surface area contributed by atoms with Crippen molar-refractivity contribution in [2.24, 2.45) is 15.7 Å². The Morgan fingerprint density at radius 3 is 2.65 bits per heavy atom. The minimum absolute atomic E-state index is 0.498. The van der Waals surface area contributed by atoms with Crippen LogP contribution in [0.3, 0.4) is 0 Å². The molecule has 1 aliphatic rings. The van der Waals surface area contributed by atoms with Crippen molar-refractivity contribution in [3.63, 3.8) is 0 Å². The van der Waals surface area contributed by atoms with Crippen molar-refractivity contribution in [1.29, 1.82) is 0 Å². The van der Waals surface area contributed by atoms with E-state index in [0.717, 1.165) is 45.8 Å². The van der Waals surface area contributed by atoms with Crippen LogP contribution in [0, 0.1) is 13.8 Å². The molecule has 1 aromatic heterocycles. The molecule has 2 N–H and O–H groups in total. The maximum Gasteiger partial charge on any atom is 0.158 e. The zero-order valence-electron chi connectivity index (χ0n) is 10.2. The fourth-order valence-corrected chi connectivity index (χ4v) is 2.50. The van der Waals surface area contributed by atoms with E-state index in [1.165, 1.54) is 0 Å². The molecule has 0 saturated heterocycles. The number of hydrogen-bond acceptors (Lipinski definition) is 3.